The zero-order valence-corrected chi connectivity index (χ0v) is 23.9. The molecule has 1 unspecified atom stereocenters. The van der Waals surface area contributed by atoms with Crippen molar-refractivity contribution < 1.29 is 29.0 Å². The van der Waals surface area contributed by atoms with Gasteiger partial charge in [-0.1, -0.05) is 51.1 Å². The first-order valence-corrected chi connectivity index (χ1v) is 14.6. The van der Waals surface area contributed by atoms with Gasteiger partial charge in [-0.05, 0) is 49.4 Å². The van der Waals surface area contributed by atoms with Gasteiger partial charge in [-0.25, -0.2) is 0 Å². The molecular formula is C29H38N4O6S. The van der Waals surface area contributed by atoms with Gasteiger partial charge in [-0.15, -0.1) is 0 Å². The molecule has 2 aromatic rings. The van der Waals surface area contributed by atoms with E-state index in [9.17, 15) is 19.5 Å². The van der Waals surface area contributed by atoms with E-state index in [1.54, 1.807) is 11.8 Å². The van der Waals surface area contributed by atoms with Crippen molar-refractivity contribution in [2.24, 2.45) is 5.92 Å². The molecule has 0 aliphatic carbocycles. The Morgan fingerprint density at radius 2 is 1.85 bits per heavy atom. The lowest BCUT2D eigenvalue weighted by Gasteiger charge is -2.25. The third-order valence-corrected chi connectivity index (χ3v) is 7.81. The molecule has 0 spiro atoms. The molecule has 2 heterocycles. The Hall–Kier alpha value is -3.28. The fourth-order valence-electron chi connectivity index (χ4n) is 4.63. The minimum atomic E-state index is -1.06. The van der Waals surface area contributed by atoms with Crippen LogP contribution < -0.4 is 26.0 Å². The molecule has 2 aromatic carbocycles. The summed E-state index contributed by atoms with van der Waals surface area (Å²) in [6.45, 7) is 5.92. The summed E-state index contributed by atoms with van der Waals surface area (Å²) >= 11 is 1.66. The molecule has 11 heteroatoms. The topological polar surface area (TPSA) is 138 Å². The Balaban J connectivity index is 1.32. The molecule has 5 N–H and O–H groups in total. The second-order valence-electron chi connectivity index (χ2n) is 10.4. The number of ether oxygens (including phenoxy) is 2. The largest absolute Gasteiger partial charge is 0.484 e. The highest BCUT2D eigenvalue weighted by atomic mass is 32.2. The normalized spacial score (nSPS) is 19.0. The van der Waals surface area contributed by atoms with Gasteiger partial charge in [-0.3, -0.25) is 14.4 Å². The number of aliphatic hydroxyl groups is 1. The quantitative estimate of drug-likeness (QED) is 0.224. The van der Waals surface area contributed by atoms with Crippen LogP contribution in [0.4, 0.5) is 11.4 Å². The maximum absolute atomic E-state index is 13.2. The molecular weight excluding hydrogens is 532 g/mol. The molecule has 0 bridgehead atoms. The number of fused-ring (bicyclic) bond motifs is 2. The van der Waals surface area contributed by atoms with E-state index < -0.39 is 36.2 Å². The number of hydrogen-bond donors (Lipinski definition) is 5. The summed E-state index contributed by atoms with van der Waals surface area (Å²) < 4.78 is 10.9. The predicted molar refractivity (Wildman–Crippen MR) is 153 cm³/mol. The van der Waals surface area contributed by atoms with Gasteiger partial charge in [0.15, 0.2) is 12.9 Å². The number of aliphatic hydroxyl groups excluding tert-OH is 1. The van der Waals surface area contributed by atoms with Crippen LogP contribution in [0.15, 0.2) is 52.3 Å². The van der Waals surface area contributed by atoms with Crippen molar-refractivity contribution in [1.82, 2.24) is 16.0 Å². The first-order valence-electron chi connectivity index (χ1n) is 13.7. The number of hydrogen-bond acceptors (Lipinski definition) is 8. The standard InChI is InChI=1S/C29H38N4O6S/c1-4-7-20(27(35)33-23(14-17(2)3)28(36)32-21-12-13-38-29(21)37)31-26(34)16-39-18-10-11-25-22(15-18)30-19-8-5-6-9-24(19)40-25/h5-6,8-11,15,17,20-21,23,29-30,37H,4,7,12-14,16H2,1-3H3,(H,31,34)(H,32,36)(H,33,35)/t20-,21-,23-,29?/m0/s1. The molecule has 4 rings (SSSR count). The second-order valence-corrected chi connectivity index (χ2v) is 11.5. The maximum atomic E-state index is 13.2. The fraction of sp³-hybridized carbons (Fsp3) is 0.483. The van der Waals surface area contributed by atoms with Gasteiger partial charge in [0, 0.05) is 15.9 Å². The van der Waals surface area contributed by atoms with Crippen LogP contribution in [0.5, 0.6) is 5.75 Å². The van der Waals surface area contributed by atoms with E-state index in [-0.39, 0.29) is 18.4 Å². The zero-order valence-electron chi connectivity index (χ0n) is 23.1. The van der Waals surface area contributed by atoms with Gasteiger partial charge >= 0.3 is 0 Å². The van der Waals surface area contributed by atoms with Gasteiger partial charge < -0.3 is 35.8 Å². The molecule has 4 atom stereocenters. The van der Waals surface area contributed by atoms with Gasteiger partial charge in [0.1, 0.15) is 17.8 Å². The Morgan fingerprint density at radius 3 is 2.58 bits per heavy atom. The van der Waals surface area contributed by atoms with Crippen LogP contribution in [0, 0.1) is 5.92 Å². The molecule has 40 heavy (non-hydrogen) atoms. The molecule has 10 nitrogen and oxygen atoms in total. The molecule has 2 aliphatic heterocycles. The van der Waals surface area contributed by atoms with Crippen molar-refractivity contribution in [3.63, 3.8) is 0 Å². The molecule has 0 aromatic heterocycles. The Labute approximate surface area is 239 Å². The summed E-state index contributed by atoms with van der Waals surface area (Å²) in [7, 11) is 0. The Morgan fingerprint density at radius 1 is 1.07 bits per heavy atom. The number of carbonyl (C=O) groups is 3. The maximum Gasteiger partial charge on any atom is 0.258 e. The fourth-order valence-corrected chi connectivity index (χ4v) is 5.60. The molecule has 0 saturated carbocycles. The minimum absolute atomic E-state index is 0.131. The number of anilines is 2. The first-order chi connectivity index (χ1) is 19.2. The zero-order chi connectivity index (χ0) is 28.6. The highest BCUT2D eigenvalue weighted by Gasteiger charge is 2.32. The van der Waals surface area contributed by atoms with E-state index in [1.807, 2.05) is 57.2 Å². The van der Waals surface area contributed by atoms with Gasteiger partial charge in [0.2, 0.25) is 11.8 Å². The highest BCUT2D eigenvalue weighted by molar-refractivity contribution is 7.99. The lowest BCUT2D eigenvalue weighted by molar-refractivity contribution is -0.134. The average molecular weight is 571 g/mol. The van der Waals surface area contributed by atoms with Crippen LogP contribution in [-0.2, 0) is 19.1 Å². The number of rotatable bonds is 12. The van der Waals surface area contributed by atoms with E-state index in [0.717, 1.165) is 21.2 Å². The third-order valence-electron chi connectivity index (χ3n) is 6.66. The first kappa shape index (κ1) is 29.7. The third kappa shape index (κ3) is 7.89. The molecule has 3 amide bonds. The lowest BCUT2D eigenvalue weighted by Crippen LogP contribution is -2.56. The van der Waals surface area contributed by atoms with Gasteiger partial charge in [-0.2, -0.15) is 0 Å². The minimum Gasteiger partial charge on any atom is -0.484 e. The van der Waals surface area contributed by atoms with E-state index in [2.05, 4.69) is 27.3 Å². The van der Waals surface area contributed by atoms with Gasteiger partial charge in [0.05, 0.1) is 24.0 Å². The predicted octanol–water partition coefficient (Wildman–Crippen LogP) is 3.31. The van der Waals surface area contributed by atoms with Crippen LogP contribution in [0.25, 0.3) is 0 Å². The van der Waals surface area contributed by atoms with Crippen LogP contribution in [0.1, 0.15) is 46.5 Å². The van der Waals surface area contributed by atoms with Crippen LogP contribution >= 0.6 is 11.8 Å². The molecule has 1 fully saturated rings. The van der Waals surface area contributed by atoms with E-state index >= 15 is 0 Å². The van der Waals surface area contributed by atoms with Crippen molar-refractivity contribution >= 4 is 40.9 Å². The van der Waals surface area contributed by atoms with Crippen molar-refractivity contribution in [2.75, 3.05) is 18.5 Å². The summed E-state index contributed by atoms with van der Waals surface area (Å²) in [5, 5.41) is 21.6. The van der Waals surface area contributed by atoms with Crippen molar-refractivity contribution in [1.29, 1.82) is 0 Å². The lowest BCUT2D eigenvalue weighted by atomic mass is 10.0. The Bertz CT molecular complexity index is 1210. The summed E-state index contributed by atoms with van der Waals surface area (Å²) in [5.74, 6) is -0.595. The molecule has 216 valence electrons. The van der Waals surface area contributed by atoms with E-state index in [1.165, 1.54) is 0 Å². The number of para-hydroxylation sites is 1. The monoisotopic (exact) mass is 570 g/mol. The number of carbonyl (C=O) groups excluding carboxylic acids is 3. The number of amides is 3. The number of nitrogens with one attached hydrogen (secondary N) is 4. The second kappa shape index (κ2) is 13.9. The van der Waals surface area contributed by atoms with Crippen molar-refractivity contribution in [2.45, 2.75) is 80.7 Å². The smallest absolute Gasteiger partial charge is 0.258 e. The highest BCUT2D eigenvalue weighted by Crippen LogP contribution is 2.44. The van der Waals surface area contributed by atoms with E-state index in [4.69, 9.17) is 9.47 Å². The van der Waals surface area contributed by atoms with Crippen LogP contribution in [-0.4, -0.2) is 60.5 Å². The van der Waals surface area contributed by atoms with Crippen LogP contribution in [0.3, 0.4) is 0 Å². The molecule has 2 aliphatic rings. The molecule has 0 radical (unpaired) electrons. The number of benzene rings is 2. The summed E-state index contributed by atoms with van der Waals surface area (Å²) in [6.07, 6.45) is 0.901. The summed E-state index contributed by atoms with van der Waals surface area (Å²) in [6, 6.07) is 11.5. The SMILES string of the molecule is CCC[C@H](NC(=O)COc1ccc2c(c1)Nc1ccccc1S2)C(=O)N[C@@H](CC(C)C)C(=O)N[C@H]1CCOC1O. The summed E-state index contributed by atoms with van der Waals surface area (Å²) in [5.41, 5.74) is 1.91. The summed E-state index contributed by atoms with van der Waals surface area (Å²) in [4.78, 5) is 41.1. The van der Waals surface area contributed by atoms with E-state index in [0.29, 0.717) is 38.0 Å². The van der Waals surface area contributed by atoms with Crippen molar-refractivity contribution in [3.8, 4) is 5.75 Å². The molecule has 1 saturated heterocycles. The average Bonchev–Trinajstić information content (AvgIpc) is 3.33. The van der Waals surface area contributed by atoms with Crippen molar-refractivity contribution in [3.05, 3.63) is 42.5 Å². The Kier molecular flexibility index (Phi) is 10.3. The van der Waals surface area contributed by atoms with Gasteiger partial charge in [0.25, 0.3) is 5.91 Å². The van der Waals surface area contributed by atoms with Crippen LogP contribution in [0.2, 0.25) is 0 Å².